The minimum Gasteiger partial charge on any atom is -0.393 e. The van der Waals surface area contributed by atoms with E-state index in [1.54, 1.807) is 0 Å². The van der Waals surface area contributed by atoms with Crippen molar-refractivity contribution in [3.05, 3.63) is 0 Å². The van der Waals surface area contributed by atoms with Crippen LogP contribution < -0.4 is 0 Å². The molecule has 0 aliphatic heterocycles. The van der Waals surface area contributed by atoms with Crippen molar-refractivity contribution < 1.29 is 10.2 Å². The molecule has 110 valence electrons. The second-order valence-corrected chi connectivity index (χ2v) is 5.60. The molecule has 0 aliphatic rings. The van der Waals surface area contributed by atoms with Gasteiger partial charge in [0.1, 0.15) is 0 Å². The fourth-order valence-electron chi connectivity index (χ4n) is 2.34. The molecule has 2 unspecified atom stereocenters. The molecule has 0 spiro atoms. The quantitative estimate of drug-likeness (QED) is 0.480. The number of hydrogen-bond acceptors (Lipinski definition) is 2. The molecule has 0 amide bonds. The van der Waals surface area contributed by atoms with Crippen molar-refractivity contribution in [2.75, 3.05) is 0 Å². The fourth-order valence-corrected chi connectivity index (χ4v) is 2.34. The highest BCUT2D eigenvalue weighted by Crippen LogP contribution is 2.14. The zero-order valence-corrected chi connectivity index (χ0v) is 12.5. The number of aliphatic hydroxyl groups is 2. The Balaban J connectivity index is 3.34. The number of unbranched alkanes of at least 4 members (excludes halogenated alkanes) is 7. The van der Waals surface area contributed by atoms with E-state index in [9.17, 15) is 10.2 Å². The normalized spacial score (nSPS) is 14.7. The Hall–Kier alpha value is -0.0800. The zero-order valence-electron chi connectivity index (χ0n) is 12.5. The molecule has 0 aromatic carbocycles. The lowest BCUT2D eigenvalue weighted by Crippen LogP contribution is -2.17. The second kappa shape index (κ2) is 13.4. The van der Waals surface area contributed by atoms with Gasteiger partial charge in [0.05, 0.1) is 12.2 Å². The summed E-state index contributed by atoms with van der Waals surface area (Å²) in [6, 6.07) is 0. The Kier molecular flexibility index (Phi) is 13.3. The molecular formula is C16H34O2. The Morgan fingerprint density at radius 3 is 1.44 bits per heavy atom. The standard InChI is InChI=1S/C16H34O2/c1-3-5-7-9-11-13-16(18)14-15(17)12-10-8-6-4-2/h15-18H,3-14H2,1-2H3. The Morgan fingerprint density at radius 1 is 0.611 bits per heavy atom. The average Bonchev–Trinajstić information content (AvgIpc) is 2.34. The Labute approximate surface area is 114 Å². The molecule has 0 saturated heterocycles. The van der Waals surface area contributed by atoms with Crippen LogP contribution in [-0.4, -0.2) is 22.4 Å². The van der Waals surface area contributed by atoms with Crippen LogP contribution in [0.25, 0.3) is 0 Å². The van der Waals surface area contributed by atoms with E-state index in [2.05, 4.69) is 13.8 Å². The smallest absolute Gasteiger partial charge is 0.0564 e. The van der Waals surface area contributed by atoms with Gasteiger partial charge in [0, 0.05) is 0 Å². The number of aliphatic hydroxyl groups excluding tert-OH is 2. The van der Waals surface area contributed by atoms with E-state index < -0.39 is 0 Å². The van der Waals surface area contributed by atoms with E-state index in [4.69, 9.17) is 0 Å². The average molecular weight is 258 g/mol. The molecule has 0 saturated carbocycles. The second-order valence-electron chi connectivity index (χ2n) is 5.60. The summed E-state index contributed by atoms with van der Waals surface area (Å²) in [6.07, 6.45) is 12.6. The summed E-state index contributed by atoms with van der Waals surface area (Å²) in [5.74, 6) is 0. The van der Waals surface area contributed by atoms with Gasteiger partial charge in [0.15, 0.2) is 0 Å². The third-order valence-electron chi connectivity index (χ3n) is 3.58. The van der Waals surface area contributed by atoms with Gasteiger partial charge in [0.2, 0.25) is 0 Å². The summed E-state index contributed by atoms with van der Waals surface area (Å²) in [7, 11) is 0. The minimum absolute atomic E-state index is 0.298. The van der Waals surface area contributed by atoms with E-state index in [-0.39, 0.29) is 12.2 Å². The highest BCUT2D eigenvalue weighted by atomic mass is 16.3. The van der Waals surface area contributed by atoms with Gasteiger partial charge in [-0.3, -0.25) is 0 Å². The first-order valence-electron chi connectivity index (χ1n) is 8.06. The van der Waals surface area contributed by atoms with Crippen molar-refractivity contribution in [3.8, 4) is 0 Å². The van der Waals surface area contributed by atoms with Gasteiger partial charge in [0.25, 0.3) is 0 Å². The third kappa shape index (κ3) is 12.4. The summed E-state index contributed by atoms with van der Waals surface area (Å²) in [4.78, 5) is 0. The van der Waals surface area contributed by atoms with Crippen molar-refractivity contribution in [2.24, 2.45) is 0 Å². The molecule has 0 bridgehead atoms. The van der Waals surface area contributed by atoms with Gasteiger partial charge >= 0.3 is 0 Å². The maximum atomic E-state index is 9.82. The van der Waals surface area contributed by atoms with Crippen molar-refractivity contribution in [1.29, 1.82) is 0 Å². The molecule has 2 nitrogen and oxygen atoms in total. The maximum Gasteiger partial charge on any atom is 0.0564 e. The maximum absolute atomic E-state index is 9.82. The van der Waals surface area contributed by atoms with E-state index in [0.29, 0.717) is 6.42 Å². The SMILES string of the molecule is CCCCCCCC(O)CC(O)CCCCCC. The first-order valence-corrected chi connectivity index (χ1v) is 8.06. The largest absolute Gasteiger partial charge is 0.393 e. The molecule has 0 aromatic heterocycles. The summed E-state index contributed by atoms with van der Waals surface area (Å²) in [5, 5.41) is 19.6. The molecule has 0 heterocycles. The van der Waals surface area contributed by atoms with Crippen molar-refractivity contribution in [3.63, 3.8) is 0 Å². The van der Waals surface area contributed by atoms with Crippen LogP contribution in [0.5, 0.6) is 0 Å². The first-order chi connectivity index (χ1) is 8.70. The Morgan fingerprint density at radius 2 is 1.00 bits per heavy atom. The molecule has 18 heavy (non-hydrogen) atoms. The van der Waals surface area contributed by atoms with Crippen LogP contribution in [0.1, 0.15) is 90.9 Å². The lowest BCUT2D eigenvalue weighted by Gasteiger charge is -2.15. The number of hydrogen-bond donors (Lipinski definition) is 2. The lowest BCUT2D eigenvalue weighted by atomic mass is 10.0. The molecule has 0 aliphatic carbocycles. The summed E-state index contributed by atoms with van der Waals surface area (Å²) in [6.45, 7) is 4.41. The topological polar surface area (TPSA) is 40.5 Å². The van der Waals surface area contributed by atoms with Gasteiger partial charge in [-0.25, -0.2) is 0 Å². The zero-order chi connectivity index (χ0) is 13.6. The lowest BCUT2D eigenvalue weighted by molar-refractivity contribution is 0.0681. The van der Waals surface area contributed by atoms with Crippen molar-refractivity contribution in [2.45, 2.75) is 103 Å². The molecule has 0 fully saturated rings. The van der Waals surface area contributed by atoms with Gasteiger partial charge in [-0.15, -0.1) is 0 Å². The van der Waals surface area contributed by atoms with Crippen molar-refractivity contribution in [1.82, 2.24) is 0 Å². The van der Waals surface area contributed by atoms with Crippen LogP contribution in [0, 0.1) is 0 Å². The predicted molar refractivity (Wildman–Crippen MR) is 78.8 cm³/mol. The van der Waals surface area contributed by atoms with Crippen LogP contribution in [0.3, 0.4) is 0 Å². The van der Waals surface area contributed by atoms with Gasteiger partial charge in [-0.1, -0.05) is 71.6 Å². The minimum atomic E-state index is -0.299. The molecule has 2 atom stereocenters. The van der Waals surface area contributed by atoms with Crippen LogP contribution in [-0.2, 0) is 0 Å². The van der Waals surface area contributed by atoms with Gasteiger partial charge in [-0.05, 0) is 19.3 Å². The van der Waals surface area contributed by atoms with Crippen LogP contribution in [0.4, 0.5) is 0 Å². The van der Waals surface area contributed by atoms with Crippen LogP contribution >= 0.6 is 0 Å². The first kappa shape index (κ1) is 17.9. The van der Waals surface area contributed by atoms with Gasteiger partial charge < -0.3 is 10.2 Å². The summed E-state index contributed by atoms with van der Waals surface area (Å²) >= 11 is 0. The van der Waals surface area contributed by atoms with E-state index in [1.807, 2.05) is 0 Å². The highest BCUT2D eigenvalue weighted by Gasteiger charge is 2.11. The molecule has 2 heteroatoms. The predicted octanol–water partition coefficient (Wildman–Crippen LogP) is 4.43. The molecule has 0 rings (SSSR count). The molecule has 0 aromatic rings. The summed E-state index contributed by atoms with van der Waals surface area (Å²) < 4.78 is 0. The van der Waals surface area contributed by atoms with E-state index in [1.165, 1.54) is 44.9 Å². The summed E-state index contributed by atoms with van der Waals surface area (Å²) in [5.41, 5.74) is 0. The molecule has 0 radical (unpaired) electrons. The fraction of sp³-hybridized carbons (Fsp3) is 1.00. The molecule has 2 N–H and O–H groups in total. The highest BCUT2D eigenvalue weighted by molar-refractivity contribution is 4.64. The van der Waals surface area contributed by atoms with E-state index in [0.717, 1.165) is 25.7 Å². The monoisotopic (exact) mass is 258 g/mol. The van der Waals surface area contributed by atoms with Crippen LogP contribution in [0.2, 0.25) is 0 Å². The van der Waals surface area contributed by atoms with Crippen molar-refractivity contribution >= 4 is 0 Å². The third-order valence-corrected chi connectivity index (χ3v) is 3.58. The Bertz CT molecular complexity index is 159. The molecular weight excluding hydrogens is 224 g/mol. The van der Waals surface area contributed by atoms with Gasteiger partial charge in [-0.2, -0.15) is 0 Å². The van der Waals surface area contributed by atoms with E-state index >= 15 is 0 Å². The number of rotatable bonds is 13. The van der Waals surface area contributed by atoms with Crippen LogP contribution in [0.15, 0.2) is 0 Å².